The maximum Gasteiger partial charge on any atom is 0.218 e. The molecule has 1 atom stereocenters. The minimum Gasteiger partial charge on any atom is -0.384 e. The summed E-state index contributed by atoms with van der Waals surface area (Å²) >= 11 is 0. The number of primary amides is 1. The molecule has 1 heterocycles. The summed E-state index contributed by atoms with van der Waals surface area (Å²) in [7, 11) is 1.73. The van der Waals surface area contributed by atoms with Gasteiger partial charge in [0, 0.05) is 26.6 Å². The SMILES string of the molecule is COCC1CCN(CCC(N)=O)C1. The van der Waals surface area contributed by atoms with Crippen molar-refractivity contribution in [2.75, 3.05) is 33.4 Å². The standard InChI is InChI=1S/C9H18N2O2/c1-13-7-8-2-4-11(6-8)5-3-9(10)12/h8H,2-7H2,1H3,(H2,10,12). The molecule has 13 heavy (non-hydrogen) atoms. The van der Waals surface area contributed by atoms with E-state index in [0.717, 1.165) is 26.2 Å². The average Bonchev–Trinajstić information content (AvgIpc) is 2.50. The summed E-state index contributed by atoms with van der Waals surface area (Å²) in [5.41, 5.74) is 5.07. The lowest BCUT2D eigenvalue weighted by molar-refractivity contribution is -0.118. The number of nitrogens with zero attached hydrogens (tertiary/aromatic N) is 1. The van der Waals surface area contributed by atoms with Crippen molar-refractivity contribution in [3.63, 3.8) is 0 Å². The lowest BCUT2D eigenvalue weighted by atomic mass is 10.1. The van der Waals surface area contributed by atoms with Gasteiger partial charge in [-0.25, -0.2) is 0 Å². The molecule has 1 saturated heterocycles. The molecule has 1 rings (SSSR count). The molecule has 0 aromatic rings. The fourth-order valence-electron chi connectivity index (χ4n) is 1.76. The van der Waals surface area contributed by atoms with Crippen molar-refractivity contribution in [2.45, 2.75) is 12.8 Å². The van der Waals surface area contributed by atoms with Crippen molar-refractivity contribution in [2.24, 2.45) is 11.7 Å². The molecule has 4 heteroatoms. The van der Waals surface area contributed by atoms with Crippen molar-refractivity contribution in [1.82, 2.24) is 4.90 Å². The van der Waals surface area contributed by atoms with Crippen LogP contribution in [-0.4, -0.2) is 44.2 Å². The van der Waals surface area contributed by atoms with Crippen LogP contribution >= 0.6 is 0 Å². The lowest BCUT2D eigenvalue weighted by Gasteiger charge is -2.14. The van der Waals surface area contributed by atoms with Gasteiger partial charge in [-0.05, 0) is 18.9 Å². The van der Waals surface area contributed by atoms with E-state index in [1.165, 1.54) is 6.42 Å². The fourth-order valence-corrected chi connectivity index (χ4v) is 1.76. The zero-order chi connectivity index (χ0) is 9.68. The van der Waals surface area contributed by atoms with Crippen molar-refractivity contribution in [1.29, 1.82) is 0 Å². The van der Waals surface area contributed by atoms with E-state index in [0.29, 0.717) is 12.3 Å². The van der Waals surface area contributed by atoms with Crippen molar-refractivity contribution >= 4 is 5.91 Å². The van der Waals surface area contributed by atoms with Crippen LogP contribution in [0, 0.1) is 5.92 Å². The summed E-state index contributed by atoms with van der Waals surface area (Å²) in [4.78, 5) is 12.8. The summed E-state index contributed by atoms with van der Waals surface area (Å²) in [5, 5.41) is 0. The molecule has 76 valence electrons. The average molecular weight is 186 g/mol. The second kappa shape index (κ2) is 5.19. The first kappa shape index (κ1) is 10.5. The molecule has 1 aliphatic rings. The van der Waals surface area contributed by atoms with Gasteiger partial charge < -0.3 is 15.4 Å². The predicted molar refractivity (Wildman–Crippen MR) is 50.2 cm³/mol. The third-order valence-corrected chi connectivity index (χ3v) is 2.45. The molecular weight excluding hydrogens is 168 g/mol. The van der Waals surface area contributed by atoms with Gasteiger partial charge in [0.1, 0.15) is 0 Å². The highest BCUT2D eigenvalue weighted by molar-refractivity contribution is 5.73. The van der Waals surface area contributed by atoms with Gasteiger partial charge in [0.05, 0.1) is 6.61 Å². The maximum atomic E-state index is 10.5. The van der Waals surface area contributed by atoms with Crippen LogP contribution in [0.1, 0.15) is 12.8 Å². The smallest absolute Gasteiger partial charge is 0.218 e. The Balaban J connectivity index is 2.13. The Morgan fingerprint density at radius 1 is 1.69 bits per heavy atom. The molecule has 1 unspecified atom stereocenters. The van der Waals surface area contributed by atoms with Crippen molar-refractivity contribution < 1.29 is 9.53 Å². The van der Waals surface area contributed by atoms with Gasteiger partial charge in [-0.1, -0.05) is 0 Å². The number of hydrogen-bond acceptors (Lipinski definition) is 3. The monoisotopic (exact) mass is 186 g/mol. The van der Waals surface area contributed by atoms with Crippen LogP contribution in [0.2, 0.25) is 0 Å². The van der Waals surface area contributed by atoms with Crippen LogP contribution in [0.3, 0.4) is 0 Å². The van der Waals surface area contributed by atoms with Crippen molar-refractivity contribution in [3.05, 3.63) is 0 Å². The number of nitrogens with two attached hydrogens (primary N) is 1. The maximum absolute atomic E-state index is 10.5. The van der Waals surface area contributed by atoms with E-state index in [1.54, 1.807) is 7.11 Å². The predicted octanol–water partition coefficient (Wildman–Crippen LogP) is -0.170. The third kappa shape index (κ3) is 3.74. The zero-order valence-corrected chi connectivity index (χ0v) is 8.16. The summed E-state index contributed by atoms with van der Waals surface area (Å²) in [6.07, 6.45) is 1.65. The summed E-state index contributed by atoms with van der Waals surface area (Å²) in [6, 6.07) is 0. The lowest BCUT2D eigenvalue weighted by Crippen LogP contribution is -2.26. The third-order valence-electron chi connectivity index (χ3n) is 2.45. The Bertz CT molecular complexity index is 173. The molecule has 1 fully saturated rings. The molecule has 0 aromatic carbocycles. The van der Waals surface area contributed by atoms with E-state index in [1.807, 2.05) is 0 Å². The van der Waals surface area contributed by atoms with E-state index in [2.05, 4.69) is 4.90 Å². The van der Waals surface area contributed by atoms with E-state index < -0.39 is 0 Å². The van der Waals surface area contributed by atoms with Crippen LogP contribution in [0.25, 0.3) is 0 Å². The van der Waals surface area contributed by atoms with Crippen molar-refractivity contribution in [3.8, 4) is 0 Å². The molecule has 2 N–H and O–H groups in total. The molecule has 4 nitrogen and oxygen atoms in total. The topological polar surface area (TPSA) is 55.6 Å². The zero-order valence-electron chi connectivity index (χ0n) is 8.16. The Labute approximate surface area is 79.0 Å². The van der Waals surface area contributed by atoms with E-state index >= 15 is 0 Å². The number of ether oxygens (including phenoxy) is 1. The Morgan fingerprint density at radius 2 is 2.46 bits per heavy atom. The van der Waals surface area contributed by atoms with Gasteiger partial charge in [0.15, 0.2) is 0 Å². The van der Waals surface area contributed by atoms with Crippen LogP contribution < -0.4 is 5.73 Å². The number of hydrogen-bond donors (Lipinski definition) is 1. The minimum atomic E-state index is -0.213. The first-order valence-corrected chi connectivity index (χ1v) is 4.72. The number of carbonyl (C=O) groups is 1. The first-order chi connectivity index (χ1) is 6.22. The fraction of sp³-hybridized carbons (Fsp3) is 0.889. The van der Waals surface area contributed by atoms with E-state index in [-0.39, 0.29) is 5.91 Å². The normalized spacial score (nSPS) is 23.6. The Morgan fingerprint density at radius 3 is 3.08 bits per heavy atom. The summed E-state index contributed by atoms with van der Waals surface area (Å²) < 4.78 is 5.08. The van der Waals surface area contributed by atoms with Gasteiger partial charge in [0.25, 0.3) is 0 Å². The molecule has 0 aliphatic carbocycles. The first-order valence-electron chi connectivity index (χ1n) is 4.72. The largest absolute Gasteiger partial charge is 0.384 e. The van der Waals surface area contributed by atoms with Gasteiger partial charge >= 0.3 is 0 Å². The minimum absolute atomic E-state index is 0.213. The molecule has 0 saturated carbocycles. The highest BCUT2D eigenvalue weighted by Gasteiger charge is 2.21. The highest BCUT2D eigenvalue weighted by atomic mass is 16.5. The number of likely N-dealkylation sites (tertiary alicyclic amines) is 1. The van der Waals surface area contributed by atoms with Crippen LogP contribution in [0.5, 0.6) is 0 Å². The van der Waals surface area contributed by atoms with Crippen LogP contribution in [0.15, 0.2) is 0 Å². The molecule has 1 aliphatic heterocycles. The quantitative estimate of drug-likeness (QED) is 0.648. The number of rotatable bonds is 5. The molecule has 1 amide bonds. The second-order valence-corrected chi connectivity index (χ2v) is 3.63. The van der Waals surface area contributed by atoms with Gasteiger partial charge in [-0.15, -0.1) is 0 Å². The van der Waals surface area contributed by atoms with Gasteiger partial charge in [-0.2, -0.15) is 0 Å². The van der Waals surface area contributed by atoms with E-state index in [9.17, 15) is 4.79 Å². The molecule has 0 aromatic heterocycles. The second-order valence-electron chi connectivity index (χ2n) is 3.63. The Hall–Kier alpha value is -0.610. The summed E-state index contributed by atoms with van der Waals surface area (Å²) in [5.74, 6) is 0.424. The molecule has 0 bridgehead atoms. The number of amides is 1. The number of carbonyl (C=O) groups excluding carboxylic acids is 1. The molecule has 0 spiro atoms. The van der Waals surface area contributed by atoms with Crippen LogP contribution in [-0.2, 0) is 9.53 Å². The van der Waals surface area contributed by atoms with Crippen LogP contribution in [0.4, 0.5) is 0 Å². The molecule has 0 radical (unpaired) electrons. The van der Waals surface area contributed by atoms with E-state index in [4.69, 9.17) is 10.5 Å². The van der Waals surface area contributed by atoms with Gasteiger partial charge in [-0.3, -0.25) is 4.79 Å². The summed E-state index contributed by atoms with van der Waals surface area (Å²) in [6.45, 7) is 3.74. The Kier molecular flexibility index (Phi) is 4.18. The number of methoxy groups -OCH3 is 1. The highest BCUT2D eigenvalue weighted by Crippen LogP contribution is 2.15. The van der Waals surface area contributed by atoms with Gasteiger partial charge in [0.2, 0.25) is 5.91 Å². The molecular formula is C9H18N2O2.